The monoisotopic (exact) mass is 332 g/mol. The fourth-order valence-corrected chi connectivity index (χ4v) is 4.19. The first-order valence-electron chi connectivity index (χ1n) is 7.95. The molecule has 0 aromatic heterocycles. The second kappa shape index (κ2) is 7.31. The van der Waals surface area contributed by atoms with Gasteiger partial charge < -0.3 is 5.11 Å². The van der Waals surface area contributed by atoms with Crippen LogP contribution < -0.4 is 0 Å². The van der Waals surface area contributed by atoms with Crippen molar-refractivity contribution in [2.45, 2.75) is 57.5 Å². The molecule has 0 amide bonds. The Labute approximate surface area is 139 Å². The smallest absolute Gasteiger partial charge is 0.212 e. The van der Waals surface area contributed by atoms with E-state index >= 15 is 0 Å². The number of hydrogen-bond acceptors (Lipinski definition) is 3. The third-order valence-electron chi connectivity index (χ3n) is 3.92. The number of aliphatic hydroxyl groups is 1. The van der Waals surface area contributed by atoms with E-state index in [1.807, 2.05) is 13.0 Å². The molecule has 4 heteroatoms. The summed E-state index contributed by atoms with van der Waals surface area (Å²) < 4.78 is 25.9. The van der Waals surface area contributed by atoms with Crippen LogP contribution in [0.5, 0.6) is 0 Å². The van der Waals surface area contributed by atoms with Crippen LogP contribution in [0, 0.1) is 6.92 Å². The Balaban J connectivity index is 2.53. The minimum absolute atomic E-state index is 0.0468. The fourth-order valence-electron chi connectivity index (χ4n) is 2.65. The largest absolute Gasteiger partial charge is 0.383 e. The molecule has 0 bridgehead atoms. The summed E-state index contributed by atoms with van der Waals surface area (Å²) in [6, 6.07) is 6.69. The van der Waals surface area contributed by atoms with Gasteiger partial charge in [0, 0.05) is 0 Å². The average Bonchev–Trinajstić information content (AvgIpc) is 2.53. The summed E-state index contributed by atoms with van der Waals surface area (Å²) in [6.07, 6.45) is 4.54. The van der Waals surface area contributed by atoms with Gasteiger partial charge in [-0.05, 0) is 69.7 Å². The van der Waals surface area contributed by atoms with E-state index in [0.29, 0.717) is 0 Å². The molecule has 0 heterocycles. The van der Waals surface area contributed by atoms with E-state index in [9.17, 15) is 13.5 Å². The lowest BCUT2D eigenvalue weighted by Crippen LogP contribution is -2.21. The Kier molecular flexibility index (Phi) is 5.64. The Morgan fingerprint density at radius 1 is 1.17 bits per heavy atom. The summed E-state index contributed by atoms with van der Waals surface area (Å²) in [7, 11) is -3.77. The van der Waals surface area contributed by atoms with E-state index in [0.717, 1.165) is 42.4 Å². The maximum absolute atomic E-state index is 13.0. The van der Waals surface area contributed by atoms with Gasteiger partial charge in [-0.15, -0.1) is 5.73 Å². The van der Waals surface area contributed by atoms with Crippen molar-refractivity contribution >= 4 is 9.84 Å². The van der Waals surface area contributed by atoms with Gasteiger partial charge in [0.25, 0.3) is 0 Å². The zero-order valence-corrected chi connectivity index (χ0v) is 14.8. The number of rotatable bonds is 4. The molecule has 0 fully saturated rings. The van der Waals surface area contributed by atoms with Crippen molar-refractivity contribution in [1.29, 1.82) is 0 Å². The SMILES string of the molecule is CC(C)=C=C(C(O)C1=CCCCC1)S(=O)(=O)c1ccc(C)cc1. The highest BCUT2D eigenvalue weighted by Gasteiger charge is 2.29. The van der Waals surface area contributed by atoms with Crippen molar-refractivity contribution in [3.8, 4) is 0 Å². The van der Waals surface area contributed by atoms with Crippen LogP contribution in [0.1, 0.15) is 45.1 Å². The second-order valence-corrected chi connectivity index (χ2v) is 8.15. The van der Waals surface area contributed by atoms with Gasteiger partial charge in [0.15, 0.2) is 0 Å². The Morgan fingerprint density at radius 2 is 1.83 bits per heavy atom. The average molecular weight is 332 g/mol. The molecule has 23 heavy (non-hydrogen) atoms. The first-order chi connectivity index (χ1) is 10.8. The molecule has 1 unspecified atom stereocenters. The number of allylic oxidation sites excluding steroid dienone is 1. The highest BCUT2D eigenvalue weighted by Crippen LogP contribution is 2.29. The van der Waals surface area contributed by atoms with E-state index in [1.54, 1.807) is 38.1 Å². The summed E-state index contributed by atoms with van der Waals surface area (Å²) in [5.74, 6) is 0. The molecular weight excluding hydrogens is 308 g/mol. The molecular formula is C19H24O3S. The van der Waals surface area contributed by atoms with Gasteiger partial charge in [0.1, 0.15) is 11.0 Å². The summed E-state index contributed by atoms with van der Waals surface area (Å²) in [6.45, 7) is 5.48. The number of aliphatic hydroxyl groups excluding tert-OH is 1. The van der Waals surface area contributed by atoms with Gasteiger partial charge in [-0.3, -0.25) is 0 Å². The van der Waals surface area contributed by atoms with Crippen LogP contribution in [0.15, 0.2) is 57.0 Å². The highest BCUT2D eigenvalue weighted by molar-refractivity contribution is 7.95. The van der Waals surface area contributed by atoms with Crippen molar-refractivity contribution in [2.24, 2.45) is 0 Å². The lowest BCUT2D eigenvalue weighted by molar-refractivity contribution is 0.246. The fraction of sp³-hybridized carbons (Fsp3) is 0.421. The van der Waals surface area contributed by atoms with E-state index in [4.69, 9.17) is 0 Å². The van der Waals surface area contributed by atoms with Crippen LogP contribution in [0.25, 0.3) is 0 Å². The highest BCUT2D eigenvalue weighted by atomic mass is 32.2. The normalized spacial score (nSPS) is 16.3. The molecule has 0 radical (unpaired) electrons. The van der Waals surface area contributed by atoms with Crippen LogP contribution >= 0.6 is 0 Å². The quantitative estimate of drug-likeness (QED) is 0.668. The van der Waals surface area contributed by atoms with Crippen molar-refractivity contribution < 1.29 is 13.5 Å². The van der Waals surface area contributed by atoms with Crippen molar-refractivity contribution in [3.63, 3.8) is 0 Å². The number of sulfone groups is 1. The van der Waals surface area contributed by atoms with Crippen LogP contribution in [0.3, 0.4) is 0 Å². The second-order valence-electron chi connectivity index (χ2n) is 6.23. The molecule has 0 saturated carbocycles. The van der Waals surface area contributed by atoms with E-state index < -0.39 is 15.9 Å². The molecule has 124 valence electrons. The molecule has 0 spiro atoms. The van der Waals surface area contributed by atoms with Crippen LogP contribution in [0.2, 0.25) is 0 Å². The molecule has 1 aliphatic carbocycles. The molecule has 1 aliphatic rings. The predicted octanol–water partition coefficient (Wildman–Crippen LogP) is 4.08. The van der Waals surface area contributed by atoms with Crippen molar-refractivity contribution in [1.82, 2.24) is 0 Å². The van der Waals surface area contributed by atoms with Gasteiger partial charge in [-0.25, -0.2) is 8.42 Å². The first-order valence-corrected chi connectivity index (χ1v) is 9.43. The molecule has 1 aromatic rings. The van der Waals surface area contributed by atoms with Gasteiger partial charge in [-0.1, -0.05) is 23.8 Å². The predicted molar refractivity (Wildman–Crippen MR) is 92.8 cm³/mol. The Hall–Kier alpha value is -1.61. The Morgan fingerprint density at radius 3 is 2.35 bits per heavy atom. The summed E-state index contributed by atoms with van der Waals surface area (Å²) in [4.78, 5) is 0.150. The summed E-state index contributed by atoms with van der Waals surface area (Å²) in [5, 5.41) is 10.7. The summed E-state index contributed by atoms with van der Waals surface area (Å²) in [5.41, 5.74) is 5.39. The maximum Gasteiger partial charge on any atom is 0.212 e. The van der Waals surface area contributed by atoms with Gasteiger partial charge >= 0.3 is 0 Å². The molecule has 2 rings (SSSR count). The zero-order valence-electron chi connectivity index (χ0n) is 14.0. The topological polar surface area (TPSA) is 54.4 Å². The lowest BCUT2D eigenvalue weighted by Gasteiger charge is -2.20. The van der Waals surface area contributed by atoms with Crippen LogP contribution in [-0.2, 0) is 9.84 Å². The number of aryl methyl sites for hydroxylation is 1. The van der Waals surface area contributed by atoms with E-state index in [-0.39, 0.29) is 9.80 Å². The molecule has 3 nitrogen and oxygen atoms in total. The number of hydrogen-bond donors (Lipinski definition) is 1. The maximum atomic E-state index is 13.0. The van der Waals surface area contributed by atoms with Crippen molar-refractivity contribution in [3.05, 3.63) is 57.7 Å². The van der Waals surface area contributed by atoms with E-state index in [1.165, 1.54) is 0 Å². The third-order valence-corrected chi connectivity index (χ3v) is 5.72. The van der Waals surface area contributed by atoms with Crippen LogP contribution in [0.4, 0.5) is 0 Å². The van der Waals surface area contributed by atoms with Crippen LogP contribution in [-0.4, -0.2) is 19.6 Å². The van der Waals surface area contributed by atoms with Crippen molar-refractivity contribution in [2.75, 3.05) is 0 Å². The molecule has 1 atom stereocenters. The molecule has 1 aromatic carbocycles. The third kappa shape index (κ3) is 4.23. The molecule has 0 saturated heterocycles. The molecule has 1 N–H and O–H groups in total. The lowest BCUT2D eigenvalue weighted by atomic mass is 9.95. The molecule has 0 aliphatic heterocycles. The van der Waals surface area contributed by atoms with E-state index in [2.05, 4.69) is 5.73 Å². The minimum atomic E-state index is -3.77. The first kappa shape index (κ1) is 17.7. The van der Waals surface area contributed by atoms with Gasteiger partial charge in [-0.2, -0.15) is 0 Å². The summed E-state index contributed by atoms with van der Waals surface area (Å²) >= 11 is 0. The Bertz CT molecular complexity index is 757. The zero-order chi connectivity index (χ0) is 17.0. The van der Waals surface area contributed by atoms with Gasteiger partial charge in [0.05, 0.1) is 4.90 Å². The number of benzene rings is 1. The minimum Gasteiger partial charge on any atom is -0.383 e. The van der Waals surface area contributed by atoms with Gasteiger partial charge in [0.2, 0.25) is 9.84 Å². The standard InChI is InChI=1S/C19H24O3S/c1-14(2)13-18(19(20)16-7-5-4-6-8-16)23(21,22)17-11-9-15(3)10-12-17/h7,9-12,19-20H,4-6,8H2,1-3H3.